The second-order valence-electron chi connectivity index (χ2n) is 4.42. The van der Waals surface area contributed by atoms with Gasteiger partial charge in [0.25, 0.3) is 5.91 Å². The molecule has 6 heteroatoms. The molecule has 0 aliphatic heterocycles. The van der Waals surface area contributed by atoms with Crippen molar-refractivity contribution in [2.75, 3.05) is 19.4 Å². The fraction of sp³-hybridized carbons (Fsp3) is 0.267. The Kier molecular flexibility index (Phi) is 4.71. The minimum atomic E-state index is -0.311. The SMILES string of the molecule is CCCOc1ccccc1-c1ncc(C(=O)NC)c(N)n1. The number of nitrogens with two attached hydrogens (primary N) is 1. The van der Waals surface area contributed by atoms with Gasteiger partial charge in [-0.3, -0.25) is 4.79 Å². The summed E-state index contributed by atoms with van der Waals surface area (Å²) < 4.78 is 5.68. The zero-order chi connectivity index (χ0) is 15.2. The van der Waals surface area contributed by atoms with Crippen molar-refractivity contribution in [3.8, 4) is 17.1 Å². The summed E-state index contributed by atoms with van der Waals surface area (Å²) in [4.78, 5) is 20.0. The van der Waals surface area contributed by atoms with Crippen molar-refractivity contribution < 1.29 is 9.53 Å². The molecular weight excluding hydrogens is 268 g/mol. The van der Waals surface area contributed by atoms with Crippen molar-refractivity contribution in [3.63, 3.8) is 0 Å². The van der Waals surface area contributed by atoms with Gasteiger partial charge < -0.3 is 15.8 Å². The van der Waals surface area contributed by atoms with E-state index in [-0.39, 0.29) is 17.3 Å². The highest BCUT2D eigenvalue weighted by Gasteiger charge is 2.14. The van der Waals surface area contributed by atoms with Crippen LogP contribution in [0, 0.1) is 0 Å². The molecule has 0 saturated heterocycles. The highest BCUT2D eigenvalue weighted by molar-refractivity contribution is 5.98. The van der Waals surface area contributed by atoms with Crippen LogP contribution in [0.1, 0.15) is 23.7 Å². The summed E-state index contributed by atoms with van der Waals surface area (Å²) in [6, 6.07) is 7.48. The molecule has 0 atom stereocenters. The third kappa shape index (κ3) is 3.28. The molecule has 1 heterocycles. The second-order valence-corrected chi connectivity index (χ2v) is 4.42. The van der Waals surface area contributed by atoms with Gasteiger partial charge in [-0.2, -0.15) is 0 Å². The number of carbonyl (C=O) groups is 1. The lowest BCUT2D eigenvalue weighted by atomic mass is 10.1. The Labute approximate surface area is 123 Å². The molecule has 6 nitrogen and oxygen atoms in total. The lowest BCUT2D eigenvalue weighted by molar-refractivity contribution is 0.0963. The third-order valence-corrected chi connectivity index (χ3v) is 2.88. The molecule has 2 rings (SSSR count). The van der Waals surface area contributed by atoms with Crippen molar-refractivity contribution in [1.29, 1.82) is 0 Å². The van der Waals surface area contributed by atoms with Crippen LogP contribution < -0.4 is 15.8 Å². The smallest absolute Gasteiger partial charge is 0.256 e. The van der Waals surface area contributed by atoms with Crippen molar-refractivity contribution in [2.45, 2.75) is 13.3 Å². The quantitative estimate of drug-likeness (QED) is 0.875. The van der Waals surface area contributed by atoms with E-state index in [1.54, 1.807) is 0 Å². The van der Waals surface area contributed by atoms with Gasteiger partial charge >= 0.3 is 0 Å². The van der Waals surface area contributed by atoms with Crippen LogP contribution in [0.15, 0.2) is 30.5 Å². The number of hydrogen-bond donors (Lipinski definition) is 2. The standard InChI is InChI=1S/C15H18N4O2/c1-3-8-21-12-7-5-4-6-10(12)14-18-9-11(13(16)19-14)15(20)17-2/h4-7,9H,3,8H2,1-2H3,(H,17,20)(H2,16,18,19). The summed E-state index contributed by atoms with van der Waals surface area (Å²) in [5.41, 5.74) is 6.84. The van der Waals surface area contributed by atoms with E-state index in [9.17, 15) is 4.79 Å². The van der Waals surface area contributed by atoms with Gasteiger partial charge in [-0.15, -0.1) is 0 Å². The van der Waals surface area contributed by atoms with Gasteiger partial charge in [-0.25, -0.2) is 9.97 Å². The van der Waals surface area contributed by atoms with Gasteiger partial charge in [-0.1, -0.05) is 19.1 Å². The van der Waals surface area contributed by atoms with E-state index in [4.69, 9.17) is 10.5 Å². The van der Waals surface area contributed by atoms with E-state index in [0.29, 0.717) is 18.2 Å². The highest BCUT2D eigenvalue weighted by Crippen LogP contribution is 2.28. The van der Waals surface area contributed by atoms with E-state index < -0.39 is 0 Å². The van der Waals surface area contributed by atoms with Crippen LogP contribution in [0.3, 0.4) is 0 Å². The number of ether oxygens (including phenoxy) is 1. The fourth-order valence-electron chi connectivity index (χ4n) is 1.82. The maximum atomic E-state index is 11.6. The lowest BCUT2D eigenvalue weighted by Crippen LogP contribution is -2.20. The topological polar surface area (TPSA) is 90.1 Å². The molecule has 1 aromatic carbocycles. The summed E-state index contributed by atoms with van der Waals surface area (Å²) in [5, 5.41) is 2.50. The maximum Gasteiger partial charge on any atom is 0.256 e. The van der Waals surface area contributed by atoms with E-state index in [0.717, 1.165) is 12.0 Å². The fourth-order valence-corrected chi connectivity index (χ4v) is 1.82. The summed E-state index contributed by atoms with van der Waals surface area (Å²) >= 11 is 0. The number of anilines is 1. The van der Waals surface area contributed by atoms with Gasteiger partial charge in [0.15, 0.2) is 5.82 Å². The van der Waals surface area contributed by atoms with Crippen LogP contribution in [-0.4, -0.2) is 29.5 Å². The first-order valence-corrected chi connectivity index (χ1v) is 6.74. The first-order chi connectivity index (χ1) is 10.2. The molecule has 0 unspecified atom stereocenters. The highest BCUT2D eigenvalue weighted by atomic mass is 16.5. The zero-order valence-corrected chi connectivity index (χ0v) is 12.1. The van der Waals surface area contributed by atoms with E-state index in [1.807, 2.05) is 31.2 Å². The number of aromatic nitrogens is 2. The number of hydrogen-bond acceptors (Lipinski definition) is 5. The van der Waals surface area contributed by atoms with Crippen molar-refractivity contribution in [2.24, 2.45) is 0 Å². The van der Waals surface area contributed by atoms with Crippen LogP contribution >= 0.6 is 0 Å². The van der Waals surface area contributed by atoms with Gasteiger partial charge in [0.05, 0.1) is 17.7 Å². The molecular formula is C15H18N4O2. The first-order valence-electron chi connectivity index (χ1n) is 6.74. The van der Waals surface area contributed by atoms with Gasteiger partial charge in [0.1, 0.15) is 11.6 Å². The number of amides is 1. The van der Waals surface area contributed by atoms with E-state index in [1.165, 1.54) is 13.2 Å². The number of benzene rings is 1. The number of para-hydroxylation sites is 1. The monoisotopic (exact) mass is 286 g/mol. The predicted octanol–water partition coefficient (Wildman–Crippen LogP) is 1.87. The molecule has 2 aromatic rings. The number of carbonyl (C=O) groups excluding carboxylic acids is 1. The Morgan fingerprint density at radius 2 is 2.14 bits per heavy atom. The zero-order valence-electron chi connectivity index (χ0n) is 12.1. The number of nitrogens with zero attached hydrogens (tertiary/aromatic N) is 2. The van der Waals surface area contributed by atoms with Gasteiger partial charge in [0, 0.05) is 13.2 Å². The average Bonchev–Trinajstić information content (AvgIpc) is 2.52. The molecule has 21 heavy (non-hydrogen) atoms. The molecule has 0 aliphatic carbocycles. The molecule has 0 bridgehead atoms. The predicted molar refractivity (Wildman–Crippen MR) is 81.1 cm³/mol. The number of nitrogens with one attached hydrogen (secondary N) is 1. The normalized spacial score (nSPS) is 10.2. The molecule has 1 aromatic heterocycles. The molecule has 110 valence electrons. The molecule has 0 aliphatic rings. The van der Waals surface area contributed by atoms with Crippen molar-refractivity contribution >= 4 is 11.7 Å². The van der Waals surface area contributed by atoms with Crippen molar-refractivity contribution in [3.05, 3.63) is 36.0 Å². The second kappa shape index (κ2) is 6.69. The van der Waals surface area contributed by atoms with E-state index >= 15 is 0 Å². The molecule has 1 amide bonds. The van der Waals surface area contributed by atoms with Gasteiger partial charge in [0.2, 0.25) is 0 Å². The number of rotatable bonds is 5. The Hall–Kier alpha value is -2.63. The minimum absolute atomic E-state index is 0.143. The summed E-state index contributed by atoms with van der Waals surface area (Å²) in [6.07, 6.45) is 2.33. The lowest BCUT2D eigenvalue weighted by Gasteiger charge is -2.11. The molecule has 0 radical (unpaired) electrons. The Bertz CT molecular complexity index is 643. The Morgan fingerprint density at radius 3 is 2.81 bits per heavy atom. The van der Waals surface area contributed by atoms with Crippen LogP contribution in [0.2, 0.25) is 0 Å². The third-order valence-electron chi connectivity index (χ3n) is 2.88. The molecule has 0 fully saturated rings. The van der Waals surface area contributed by atoms with Crippen LogP contribution in [0.4, 0.5) is 5.82 Å². The maximum absolute atomic E-state index is 11.6. The average molecular weight is 286 g/mol. The van der Waals surface area contributed by atoms with Crippen LogP contribution in [0.25, 0.3) is 11.4 Å². The van der Waals surface area contributed by atoms with Crippen LogP contribution in [-0.2, 0) is 0 Å². The molecule has 3 N–H and O–H groups in total. The summed E-state index contributed by atoms with van der Waals surface area (Å²) in [6.45, 7) is 2.65. The summed E-state index contributed by atoms with van der Waals surface area (Å²) in [7, 11) is 1.53. The van der Waals surface area contributed by atoms with Gasteiger partial charge in [-0.05, 0) is 18.6 Å². The van der Waals surface area contributed by atoms with E-state index in [2.05, 4.69) is 15.3 Å². The first kappa shape index (κ1) is 14.8. The van der Waals surface area contributed by atoms with Crippen LogP contribution in [0.5, 0.6) is 5.75 Å². The number of nitrogen functional groups attached to an aromatic ring is 1. The minimum Gasteiger partial charge on any atom is -0.493 e. The molecule has 0 spiro atoms. The largest absolute Gasteiger partial charge is 0.493 e. The molecule has 0 saturated carbocycles. The Morgan fingerprint density at radius 1 is 1.38 bits per heavy atom. The summed E-state index contributed by atoms with van der Waals surface area (Å²) in [5.74, 6) is 0.970. The van der Waals surface area contributed by atoms with Crippen molar-refractivity contribution in [1.82, 2.24) is 15.3 Å². The Balaban J connectivity index is 2.39.